The lowest BCUT2D eigenvalue weighted by molar-refractivity contribution is 0.0692. The molecule has 0 saturated carbocycles. The normalized spacial score (nSPS) is 24.2. The molecule has 5 nitrogen and oxygen atoms in total. The van der Waals surface area contributed by atoms with Gasteiger partial charge in [-0.25, -0.2) is 8.42 Å². The quantitative estimate of drug-likeness (QED) is 0.793. The molecule has 1 saturated heterocycles. The lowest BCUT2D eigenvalue weighted by Crippen LogP contribution is -2.54. The highest BCUT2D eigenvalue weighted by Gasteiger charge is 2.38. The van der Waals surface area contributed by atoms with E-state index in [4.69, 9.17) is 5.73 Å². The number of hydrogen-bond donors (Lipinski definition) is 1. The Hall–Kier alpha value is -1.27. The third kappa shape index (κ3) is 3.32. The predicted octanol–water partition coefficient (Wildman–Crippen LogP) is 1.65. The smallest absolute Gasteiger partial charge is 0.254 e. The fourth-order valence-electron chi connectivity index (χ4n) is 2.48. The highest BCUT2D eigenvalue weighted by atomic mass is 35.5. The van der Waals surface area contributed by atoms with Crippen LogP contribution < -0.4 is 5.73 Å². The van der Waals surface area contributed by atoms with E-state index in [0.29, 0.717) is 11.3 Å². The molecule has 2 unspecified atom stereocenters. The van der Waals surface area contributed by atoms with E-state index in [-0.39, 0.29) is 36.7 Å². The van der Waals surface area contributed by atoms with Gasteiger partial charge < -0.3 is 10.6 Å². The first kappa shape index (κ1) is 17.8. The van der Waals surface area contributed by atoms with Crippen LogP contribution in [0, 0.1) is 6.92 Å². The number of rotatable bonds is 1. The fourth-order valence-corrected chi connectivity index (χ4v) is 4.05. The summed E-state index contributed by atoms with van der Waals surface area (Å²) in [5.41, 5.74) is 7.65. The van der Waals surface area contributed by atoms with Gasteiger partial charge in [0.2, 0.25) is 0 Å². The second kappa shape index (κ2) is 6.23. The van der Waals surface area contributed by atoms with E-state index in [0.717, 1.165) is 5.56 Å². The molecule has 1 amide bonds. The summed E-state index contributed by atoms with van der Waals surface area (Å²) in [6.07, 6.45) is 0. The van der Waals surface area contributed by atoms with Crippen LogP contribution in [0.1, 0.15) is 29.8 Å². The van der Waals surface area contributed by atoms with E-state index < -0.39 is 15.1 Å². The summed E-state index contributed by atoms with van der Waals surface area (Å²) in [7, 11) is -3.10. The Morgan fingerprint density at radius 3 is 2.57 bits per heavy atom. The number of carbonyl (C=O) groups is 1. The number of benzene rings is 1. The number of nitrogens with two attached hydrogens (primary N) is 1. The van der Waals surface area contributed by atoms with Crippen LogP contribution in [0.5, 0.6) is 0 Å². The van der Waals surface area contributed by atoms with Gasteiger partial charge in [0.05, 0.1) is 11.0 Å². The van der Waals surface area contributed by atoms with Crippen LogP contribution >= 0.6 is 12.4 Å². The Balaban J connectivity index is 0.00000220. The summed E-state index contributed by atoms with van der Waals surface area (Å²) < 4.78 is 23.7. The van der Waals surface area contributed by atoms with E-state index in [9.17, 15) is 13.2 Å². The molecule has 0 aliphatic carbocycles. The molecule has 2 N–H and O–H groups in total. The first-order valence-electron chi connectivity index (χ1n) is 6.62. The Morgan fingerprint density at radius 2 is 1.95 bits per heavy atom. The Labute approximate surface area is 131 Å². The molecule has 2 atom stereocenters. The van der Waals surface area contributed by atoms with Gasteiger partial charge in [0.15, 0.2) is 9.84 Å². The van der Waals surface area contributed by atoms with Gasteiger partial charge >= 0.3 is 0 Å². The van der Waals surface area contributed by atoms with Crippen LogP contribution in [0.25, 0.3) is 0 Å². The largest absolute Gasteiger partial charge is 0.399 e. The van der Waals surface area contributed by atoms with Gasteiger partial charge in [-0.15, -0.1) is 12.4 Å². The standard InChI is InChI=1S/C14H20N2O3S.ClH/c1-9-4-5-12(15)8-13(9)14(17)16-6-7-20(18,19)11(3)10(16)2;/h4-5,8,10-11H,6-7,15H2,1-3H3;1H. The molecule has 2 rings (SSSR count). The van der Waals surface area contributed by atoms with Gasteiger partial charge in [-0.2, -0.15) is 0 Å². The van der Waals surface area contributed by atoms with Crippen molar-refractivity contribution in [2.45, 2.75) is 32.1 Å². The summed E-state index contributed by atoms with van der Waals surface area (Å²) in [5.74, 6) is -0.130. The van der Waals surface area contributed by atoms with Crippen molar-refractivity contribution in [1.82, 2.24) is 4.90 Å². The first-order valence-corrected chi connectivity index (χ1v) is 8.34. The molecule has 1 aliphatic rings. The summed E-state index contributed by atoms with van der Waals surface area (Å²) in [4.78, 5) is 14.2. The molecule has 118 valence electrons. The van der Waals surface area contributed by atoms with E-state index >= 15 is 0 Å². The molecule has 7 heteroatoms. The number of hydrogen-bond acceptors (Lipinski definition) is 4. The van der Waals surface area contributed by atoms with E-state index in [1.165, 1.54) is 0 Å². The minimum Gasteiger partial charge on any atom is -0.399 e. The second-order valence-corrected chi connectivity index (χ2v) is 7.86. The summed E-state index contributed by atoms with van der Waals surface area (Å²) in [6.45, 7) is 5.52. The molecule has 1 aromatic carbocycles. The molecule has 0 spiro atoms. The fraction of sp³-hybridized carbons (Fsp3) is 0.500. The SMILES string of the molecule is Cc1ccc(N)cc1C(=O)N1CCS(=O)(=O)C(C)C1C.Cl. The van der Waals surface area contributed by atoms with Crippen molar-refractivity contribution < 1.29 is 13.2 Å². The lowest BCUT2D eigenvalue weighted by atomic mass is 10.0. The average molecular weight is 333 g/mol. The van der Waals surface area contributed by atoms with Crippen LogP contribution in [0.15, 0.2) is 18.2 Å². The third-order valence-electron chi connectivity index (χ3n) is 4.11. The monoisotopic (exact) mass is 332 g/mol. The minimum atomic E-state index is -3.10. The number of halogens is 1. The molecular weight excluding hydrogens is 312 g/mol. The molecule has 1 aliphatic heterocycles. The summed E-state index contributed by atoms with van der Waals surface area (Å²) in [5, 5.41) is -0.540. The molecular formula is C14H21ClN2O3S. The molecule has 0 aromatic heterocycles. The number of carbonyl (C=O) groups excluding carboxylic acids is 1. The van der Waals surface area contributed by atoms with Crippen molar-refractivity contribution >= 4 is 33.8 Å². The van der Waals surface area contributed by atoms with Crippen molar-refractivity contribution in [2.24, 2.45) is 0 Å². The van der Waals surface area contributed by atoms with Gasteiger partial charge in [-0.1, -0.05) is 6.07 Å². The Kier molecular flexibility index (Phi) is 5.28. The van der Waals surface area contributed by atoms with E-state index in [1.807, 2.05) is 6.92 Å². The molecule has 1 fully saturated rings. The average Bonchev–Trinajstić information content (AvgIpc) is 2.38. The van der Waals surface area contributed by atoms with Crippen LogP contribution in [-0.2, 0) is 9.84 Å². The number of anilines is 1. The maximum atomic E-state index is 12.6. The maximum absolute atomic E-state index is 12.6. The molecule has 0 bridgehead atoms. The van der Waals surface area contributed by atoms with Crippen molar-refractivity contribution in [1.29, 1.82) is 0 Å². The zero-order valence-electron chi connectivity index (χ0n) is 12.4. The number of nitrogen functional groups attached to an aromatic ring is 1. The maximum Gasteiger partial charge on any atom is 0.254 e. The minimum absolute atomic E-state index is 0. The van der Waals surface area contributed by atoms with Crippen LogP contribution in [0.2, 0.25) is 0 Å². The molecule has 0 radical (unpaired) electrons. The lowest BCUT2D eigenvalue weighted by Gasteiger charge is -2.37. The predicted molar refractivity (Wildman–Crippen MR) is 86.6 cm³/mol. The number of aryl methyl sites for hydroxylation is 1. The van der Waals surface area contributed by atoms with Crippen LogP contribution in [0.3, 0.4) is 0 Å². The van der Waals surface area contributed by atoms with E-state index in [1.54, 1.807) is 36.9 Å². The van der Waals surface area contributed by atoms with Crippen molar-refractivity contribution in [3.8, 4) is 0 Å². The molecule has 1 aromatic rings. The van der Waals surface area contributed by atoms with E-state index in [2.05, 4.69) is 0 Å². The number of nitrogens with zero attached hydrogens (tertiary/aromatic N) is 1. The van der Waals surface area contributed by atoms with Gasteiger partial charge in [0.25, 0.3) is 5.91 Å². The van der Waals surface area contributed by atoms with Crippen LogP contribution in [-0.4, -0.2) is 42.8 Å². The Morgan fingerprint density at radius 1 is 1.33 bits per heavy atom. The van der Waals surface area contributed by atoms with Crippen molar-refractivity contribution in [3.05, 3.63) is 29.3 Å². The van der Waals surface area contributed by atoms with Crippen LogP contribution in [0.4, 0.5) is 5.69 Å². The zero-order valence-corrected chi connectivity index (χ0v) is 14.0. The third-order valence-corrected chi connectivity index (χ3v) is 6.39. The Bertz CT molecular complexity index is 646. The van der Waals surface area contributed by atoms with Gasteiger partial charge in [-0.05, 0) is 38.5 Å². The molecule has 1 heterocycles. The van der Waals surface area contributed by atoms with Gasteiger partial charge in [0.1, 0.15) is 0 Å². The van der Waals surface area contributed by atoms with Gasteiger partial charge in [-0.3, -0.25) is 4.79 Å². The summed E-state index contributed by atoms with van der Waals surface area (Å²) >= 11 is 0. The van der Waals surface area contributed by atoms with Crippen molar-refractivity contribution in [3.63, 3.8) is 0 Å². The topological polar surface area (TPSA) is 80.5 Å². The van der Waals surface area contributed by atoms with Gasteiger partial charge in [0, 0.05) is 23.8 Å². The summed E-state index contributed by atoms with van der Waals surface area (Å²) in [6, 6.07) is 4.87. The highest BCUT2D eigenvalue weighted by Crippen LogP contribution is 2.23. The van der Waals surface area contributed by atoms with Crippen molar-refractivity contribution in [2.75, 3.05) is 18.0 Å². The number of sulfone groups is 1. The number of amides is 1. The highest BCUT2D eigenvalue weighted by molar-refractivity contribution is 7.92. The first-order chi connectivity index (χ1) is 9.24. The zero-order chi connectivity index (χ0) is 15.1. The second-order valence-electron chi connectivity index (χ2n) is 5.39. The molecule has 21 heavy (non-hydrogen) atoms.